The van der Waals surface area contributed by atoms with E-state index in [1.165, 1.54) is 32.1 Å². The first kappa shape index (κ1) is 12.4. The molecule has 1 N–H and O–H groups in total. The summed E-state index contributed by atoms with van der Waals surface area (Å²) in [6.45, 7) is 12.1. The van der Waals surface area contributed by atoms with Crippen LogP contribution in [0.15, 0.2) is 0 Å². The predicted molar refractivity (Wildman–Crippen MR) is 70.5 cm³/mol. The second-order valence-corrected chi connectivity index (χ2v) is 6.84. The molecule has 1 heteroatoms. The summed E-state index contributed by atoms with van der Waals surface area (Å²) in [6.07, 6.45) is 6.86. The van der Waals surface area contributed by atoms with Crippen molar-refractivity contribution < 1.29 is 0 Å². The Hall–Kier alpha value is -0.0400. The Morgan fingerprint density at radius 2 is 1.81 bits per heavy atom. The molecule has 0 radical (unpaired) electrons. The van der Waals surface area contributed by atoms with E-state index in [1.54, 1.807) is 0 Å². The molecule has 0 aromatic heterocycles. The van der Waals surface area contributed by atoms with Crippen LogP contribution in [0.3, 0.4) is 0 Å². The average molecular weight is 223 g/mol. The molecule has 94 valence electrons. The molecular formula is C15H29N. The third-order valence-corrected chi connectivity index (χ3v) is 6.22. The van der Waals surface area contributed by atoms with Gasteiger partial charge in [-0.25, -0.2) is 0 Å². The van der Waals surface area contributed by atoms with Crippen LogP contribution in [0.2, 0.25) is 0 Å². The van der Waals surface area contributed by atoms with Crippen LogP contribution in [0.5, 0.6) is 0 Å². The zero-order valence-electron chi connectivity index (χ0n) is 11.8. The van der Waals surface area contributed by atoms with E-state index in [-0.39, 0.29) is 0 Å². The summed E-state index contributed by atoms with van der Waals surface area (Å²) in [5.74, 6) is 0.962. The standard InChI is InChI=1S/C15H29N/c1-6-12(7-2)16-13-10-11-8-9-15(13,5)14(11,3)4/h11-13,16H,6-10H2,1-5H3. The maximum absolute atomic E-state index is 3.94. The van der Waals surface area contributed by atoms with Crippen molar-refractivity contribution in [2.45, 2.75) is 78.8 Å². The van der Waals surface area contributed by atoms with Crippen LogP contribution < -0.4 is 5.32 Å². The molecule has 0 aliphatic heterocycles. The van der Waals surface area contributed by atoms with Gasteiger partial charge >= 0.3 is 0 Å². The molecular weight excluding hydrogens is 194 g/mol. The summed E-state index contributed by atoms with van der Waals surface area (Å²) in [6, 6.07) is 1.50. The maximum Gasteiger partial charge on any atom is 0.0131 e. The van der Waals surface area contributed by atoms with Crippen molar-refractivity contribution in [1.82, 2.24) is 5.32 Å². The van der Waals surface area contributed by atoms with Gasteiger partial charge in [0.15, 0.2) is 0 Å². The van der Waals surface area contributed by atoms with Crippen molar-refractivity contribution in [3.63, 3.8) is 0 Å². The quantitative estimate of drug-likeness (QED) is 0.760. The van der Waals surface area contributed by atoms with Crippen molar-refractivity contribution in [3.05, 3.63) is 0 Å². The van der Waals surface area contributed by atoms with E-state index in [9.17, 15) is 0 Å². The summed E-state index contributed by atoms with van der Waals surface area (Å²) in [5.41, 5.74) is 1.09. The molecule has 2 aliphatic carbocycles. The molecule has 0 aromatic carbocycles. The van der Waals surface area contributed by atoms with E-state index in [4.69, 9.17) is 0 Å². The molecule has 2 aliphatic rings. The summed E-state index contributed by atoms with van der Waals surface area (Å²) in [7, 11) is 0. The monoisotopic (exact) mass is 223 g/mol. The van der Waals surface area contributed by atoms with Crippen LogP contribution in [-0.2, 0) is 0 Å². The van der Waals surface area contributed by atoms with Gasteiger partial charge in [-0.3, -0.25) is 0 Å². The van der Waals surface area contributed by atoms with Gasteiger partial charge in [-0.05, 0) is 48.9 Å². The highest BCUT2D eigenvalue weighted by atomic mass is 15.0. The Morgan fingerprint density at radius 1 is 1.19 bits per heavy atom. The minimum absolute atomic E-state index is 0.542. The lowest BCUT2D eigenvalue weighted by atomic mass is 9.69. The Labute approximate surface area is 101 Å². The van der Waals surface area contributed by atoms with E-state index >= 15 is 0 Å². The smallest absolute Gasteiger partial charge is 0.0131 e. The lowest BCUT2D eigenvalue weighted by Gasteiger charge is -2.41. The van der Waals surface area contributed by atoms with Gasteiger partial charge in [0.2, 0.25) is 0 Å². The summed E-state index contributed by atoms with van der Waals surface area (Å²) >= 11 is 0. The number of rotatable bonds is 4. The lowest BCUT2D eigenvalue weighted by Crippen LogP contribution is -2.48. The fourth-order valence-electron chi connectivity index (χ4n) is 4.26. The molecule has 2 fully saturated rings. The van der Waals surface area contributed by atoms with Gasteiger partial charge in [-0.2, -0.15) is 0 Å². The third-order valence-electron chi connectivity index (χ3n) is 6.22. The van der Waals surface area contributed by atoms with Crippen molar-refractivity contribution in [1.29, 1.82) is 0 Å². The number of hydrogen-bond donors (Lipinski definition) is 1. The second kappa shape index (κ2) is 4.01. The zero-order valence-corrected chi connectivity index (χ0v) is 11.8. The Morgan fingerprint density at radius 3 is 2.19 bits per heavy atom. The minimum atomic E-state index is 0.542. The van der Waals surface area contributed by atoms with E-state index in [0.29, 0.717) is 10.8 Å². The van der Waals surface area contributed by atoms with Crippen LogP contribution >= 0.6 is 0 Å². The molecule has 3 unspecified atom stereocenters. The summed E-state index contributed by atoms with van der Waals surface area (Å²) < 4.78 is 0. The highest BCUT2D eigenvalue weighted by molar-refractivity contribution is 5.13. The van der Waals surface area contributed by atoms with Gasteiger partial charge in [0.05, 0.1) is 0 Å². The molecule has 0 spiro atoms. The van der Waals surface area contributed by atoms with E-state index in [1.807, 2.05) is 0 Å². The molecule has 16 heavy (non-hydrogen) atoms. The van der Waals surface area contributed by atoms with Crippen molar-refractivity contribution in [2.24, 2.45) is 16.7 Å². The molecule has 0 saturated heterocycles. The van der Waals surface area contributed by atoms with Gasteiger partial charge in [-0.15, -0.1) is 0 Å². The Kier molecular flexibility index (Phi) is 3.11. The fourth-order valence-corrected chi connectivity index (χ4v) is 4.26. The predicted octanol–water partition coefficient (Wildman–Crippen LogP) is 3.98. The average Bonchev–Trinajstić information content (AvgIpc) is 2.58. The SMILES string of the molecule is CCC(CC)NC1CC2CCC1(C)C2(C)C. The molecule has 2 saturated carbocycles. The highest BCUT2D eigenvalue weighted by Crippen LogP contribution is 2.65. The van der Waals surface area contributed by atoms with Crippen LogP contribution in [0, 0.1) is 16.7 Å². The largest absolute Gasteiger partial charge is 0.311 e. The lowest BCUT2D eigenvalue weighted by molar-refractivity contribution is 0.114. The molecule has 0 amide bonds. The van der Waals surface area contributed by atoms with E-state index in [0.717, 1.165) is 18.0 Å². The maximum atomic E-state index is 3.94. The van der Waals surface area contributed by atoms with Crippen LogP contribution in [0.4, 0.5) is 0 Å². The van der Waals surface area contributed by atoms with Gasteiger partial charge < -0.3 is 5.32 Å². The first-order valence-electron chi connectivity index (χ1n) is 7.21. The second-order valence-electron chi connectivity index (χ2n) is 6.84. The van der Waals surface area contributed by atoms with Crippen LogP contribution in [0.25, 0.3) is 0 Å². The van der Waals surface area contributed by atoms with Gasteiger partial charge in [-0.1, -0.05) is 34.6 Å². The fraction of sp³-hybridized carbons (Fsp3) is 1.00. The van der Waals surface area contributed by atoms with Gasteiger partial charge in [0, 0.05) is 12.1 Å². The molecule has 1 nitrogen and oxygen atoms in total. The zero-order chi connectivity index (χ0) is 12.0. The summed E-state index contributed by atoms with van der Waals surface area (Å²) in [4.78, 5) is 0. The van der Waals surface area contributed by atoms with E-state index in [2.05, 4.69) is 39.9 Å². The summed E-state index contributed by atoms with van der Waals surface area (Å²) in [5, 5.41) is 3.94. The molecule has 0 heterocycles. The van der Waals surface area contributed by atoms with Crippen molar-refractivity contribution in [2.75, 3.05) is 0 Å². The minimum Gasteiger partial charge on any atom is -0.311 e. The topological polar surface area (TPSA) is 12.0 Å². The normalized spacial score (nSPS) is 40.9. The highest BCUT2D eigenvalue weighted by Gasteiger charge is 2.61. The third kappa shape index (κ3) is 1.54. The first-order valence-corrected chi connectivity index (χ1v) is 7.21. The van der Waals surface area contributed by atoms with Crippen LogP contribution in [0.1, 0.15) is 66.7 Å². The molecule has 2 bridgehead atoms. The molecule has 0 aromatic rings. The number of nitrogens with one attached hydrogen (secondary N) is 1. The number of fused-ring (bicyclic) bond motifs is 2. The Bertz CT molecular complexity index is 254. The first-order chi connectivity index (χ1) is 7.45. The van der Waals surface area contributed by atoms with Gasteiger partial charge in [0.1, 0.15) is 0 Å². The van der Waals surface area contributed by atoms with Gasteiger partial charge in [0.25, 0.3) is 0 Å². The van der Waals surface area contributed by atoms with E-state index < -0.39 is 0 Å². The Balaban J connectivity index is 2.09. The van der Waals surface area contributed by atoms with Crippen molar-refractivity contribution in [3.8, 4) is 0 Å². The number of hydrogen-bond acceptors (Lipinski definition) is 1. The van der Waals surface area contributed by atoms with Crippen molar-refractivity contribution >= 4 is 0 Å². The molecule has 3 atom stereocenters. The molecule has 2 rings (SSSR count). The van der Waals surface area contributed by atoms with Crippen LogP contribution in [-0.4, -0.2) is 12.1 Å².